The molecule has 0 saturated carbocycles. The van der Waals surface area contributed by atoms with Crippen molar-refractivity contribution in [1.82, 2.24) is 9.80 Å². The molecule has 0 bridgehead atoms. The summed E-state index contributed by atoms with van der Waals surface area (Å²) in [6, 6.07) is 11.5. The van der Waals surface area contributed by atoms with E-state index in [0.717, 1.165) is 6.42 Å². The van der Waals surface area contributed by atoms with Gasteiger partial charge in [0.15, 0.2) is 34.4 Å². The van der Waals surface area contributed by atoms with Crippen molar-refractivity contribution in [2.45, 2.75) is 33.2 Å². The highest BCUT2D eigenvalue weighted by Gasteiger charge is 2.44. The van der Waals surface area contributed by atoms with Crippen LogP contribution in [-0.2, 0) is 4.79 Å². The first-order valence-corrected chi connectivity index (χ1v) is 13.6. The van der Waals surface area contributed by atoms with E-state index in [-0.39, 0.29) is 11.3 Å². The van der Waals surface area contributed by atoms with Crippen LogP contribution < -0.4 is 14.2 Å². The Balaban J connectivity index is 1.77. The number of ketones is 1. The van der Waals surface area contributed by atoms with Gasteiger partial charge in [-0.1, -0.05) is 32.0 Å². The van der Waals surface area contributed by atoms with Crippen LogP contribution in [0.1, 0.15) is 49.4 Å². The quantitative estimate of drug-likeness (QED) is 0.282. The maximum absolute atomic E-state index is 13.9. The molecule has 1 N–H and O–H groups in total. The van der Waals surface area contributed by atoms with E-state index in [0.29, 0.717) is 66.0 Å². The maximum Gasteiger partial charge on any atom is 0.290 e. The summed E-state index contributed by atoms with van der Waals surface area (Å²) in [5.41, 5.74) is 0.992. The Morgan fingerprint density at radius 2 is 1.88 bits per heavy atom. The molecule has 0 saturated heterocycles. The number of hydrogen-bond acceptors (Lipinski definition) is 8. The lowest BCUT2D eigenvalue weighted by molar-refractivity contribution is -0.129. The molecule has 9 nitrogen and oxygen atoms in total. The Bertz CT molecular complexity index is 1410. The molecule has 1 aliphatic heterocycles. The highest BCUT2D eigenvalue weighted by atomic mass is 16.5. The zero-order valence-electron chi connectivity index (χ0n) is 24.0. The first-order valence-electron chi connectivity index (χ1n) is 13.6. The van der Waals surface area contributed by atoms with Crippen molar-refractivity contribution in [3.63, 3.8) is 0 Å². The zero-order valence-corrected chi connectivity index (χ0v) is 24.0. The van der Waals surface area contributed by atoms with Crippen LogP contribution in [0.2, 0.25) is 0 Å². The predicted molar refractivity (Wildman–Crippen MR) is 152 cm³/mol. The summed E-state index contributed by atoms with van der Waals surface area (Å²) in [6.07, 6.45) is 0.889. The number of Topliss-reactive ketones (excluding diaryl/α,β-unsaturated/α-hetero) is 1. The Morgan fingerprint density at radius 1 is 1.10 bits per heavy atom. The summed E-state index contributed by atoms with van der Waals surface area (Å²) in [5.74, 6) is 0.302. The van der Waals surface area contributed by atoms with Gasteiger partial charge in [-0.05, 0) is 63.2 Å². The van der Waals surface area contributed by atoms with E-state index in [1.54, 1.807) is 42.5 Å². The van der Waals surface area contributed by atoms with Crippen molar-refractivity contribution in [1.29, 1.82) is 0 Å². The molecular formula is C31H38N2O7. The van der Waals surface area contributed by atoms with Crippen molar-refractivity contribution >= 4 is 22.7 Å². The highest BCUT2D eigenvalue weighted by molar-refractivity contribution is 6.16. The summed E-state index contributed by atoms with van der Waals surface area (Å²) in [6.45, 7) is 7.91. The molecule has 40 heavy (non-hydrogen) atoms. The van der Waals surface area contributed by atoms with Gasteiger partial charge in [0.1, 0.15) is 0 Å². The third-order valence-electron chi connectivity index (χ3n) is 6.82. The highest BCUT2D eigenvalue weighted by Crippen LogP contribution is 2.42. The van der Waals surface area contributed by atoms with Gasteiger partial charge in [-0.3, -0.25) is 9.59 Å². The van der Waals surface area contributed by atoms with Gasteiger partial charge in [-0.25, -0.2) is 0 Å². The van der Waals surface area contributed by atoms with E-state index in [2.05, 4.69) is 13.8 Å². The molecule has 1 aromatic heterocycles. The van der Waals surface area contributed by atoms with E-state index < -0.39 is 23.5 Å². The van der Waals surface area contributed by atoms with Gasteiger partial charge < -0.3 is 33.5 Å². The van der Waals surface area contributed by atoms with Crippen molar-refractivity contribution in [2.24, 2.45) is 5.92 Å². The number of furan rings is 1. The molecule has 3 aromatic rings. The number of carbonyl (C=O) groups excluding carboxylic acids is 2. The molecule has 214 valence electrons. The average molecular weight is 551 g/mol. The summed E-state index contributed by atoms with van der Waals surface area (Å²) < 4.78 is 23.2. The number of methoxy groups -OCH3 is 1. The maximum atomic E-state index is 13.9. The molecule has 1 amide bonds. The number of para-hydroxylation sites is 1. The number of ether oxygens (including phenoxy) is 3. The average Bonchev–Trinajstić information content (AvgIpc) is 3.47. The Hall–Kier alpha value is -3.98. The van der Waals surface area contributed by atoms with Crippen LogP contribution in [0.15, 0.2) is 58.2 Å². The number of benzene rings is 2. The van der Waals surface area contributed by atoms with Crippen LogP contribution in [0.4, 0.5) is 0 Å². The number of fused-ring (bicyclic) bond motifs is 1. The predicted octanol–water partition coefficient (Wildman–Crippen LogP) is 5.40. The number of nitrogens with zero attached hydrogens (tertiary/aromatic N) is 2. The molecule has 2 aromatic carbocycles. The molecule has 1 aliphatic rings. The van der Waals surface area contributed by atoms with E-state index in [9.17, 15) is 14.7 Å². The Labute approximate surface area is 234 Å². The van der Waals surface area contributed by atoms with E-state index >= 15 is 0 Å². The SMILES string of the molecule is CCOc1cc(C2C(C(=O)c3cc4cccc(OC)c4o3)=C(O)C(=O)N2CCN(C)C)ccc1OCCC(C)C. The molecule has 0 aliphatic carbocycles. The van der Waals surface area contributed by atoms with Crippen LogP contribution in [-0.4, -0.2) is 74.1 Å². The van der Waals surface area contributed by atoms with Gasteiger partial charge in [-0.15, -0.1) is 0 Å². The van der Waals surface area contributed by atoms with E-state index in [1.807, 2.05) is 25.9 Å². The molecule has 0 fully saturated rings. The number of hydrogen-bond donors (Lipinski definition) is 1. The van der Waals surface area contributed by atoms with Crippen LogP contribution in [0.5, 0.6) is 17.2 Å². The lowest BCUT2D eigenvalue weighted by Crippen LogP contribution is -2.36. The number of aliphatic hydroxyl groups is 1. The summed E-state index contributed by atoms with van der Waals surface area (Å²) in [5, 5.41) is 11.7. The molecular weight excluding hydrogens is 512 g/mol. The van der Waals surface area contributed by atoms with Crippen molar-refractivity contribution in [3.8, 4) is 17.2 Å². The molecule has 0 radical (unpaired) electrons. The van der Waals surface area contributed by atoms with E-state index in [4.69, 9.17) is 18.6 Å². The second-order valence-corrected chi connectivity index (χ2v) is 10.5. The van der Waals surface area contributed by atoms with Crippen molar-refractivity contribution in [3.05, 3.63) is 65.1 Å². The minimum atomic E-state index is -0.848. The fourth-order valence-corrected chi connectivity index (χ4v) is 4.70. The first-order chi connectivity index (χ1) is 19.2. The largest absolute Gasteiger partial charge is 0.503 e. The second kappa shape index (κ2) is 12.5. The minimum absolute atomic E-state index is 0.00646. The Kier molecular flexibility index (Phi) is 9.04. The number of aliphatic hydroxyl groups excluding tert-OH is 1. The second-order valence-electron chi connectivity index (χ2n) is 10.5. The smallest absolute Gasteiger partial charge is 0.290 e. The van der Waals surface area contributed by atoms with Crippen molar-refractivity contribution in [2.75, 3.05) is 47.5 Å². The normalized spacial score (nSPS) is 15.6. The first kappa shape index (κ1) is 29.0. The number of rotatable bonds is 13. The molecule has 2 heterocycles. The van der Waals surface area contributed by atoms with Gasteiger partial charge in [0.25, 0.3) is 5.91 Å². The number of amides is 1. The number of likely N-dealkylation sites (N-methyl/N-ethyl adjacent to an activating group) is 1. The van der Waals surface area contributed by atoms with Gasteiger partial charge in [0, 0.05) is 18.5 Å². The molecule has 0 spiro atoms. The third-order valence-corrected chi connectivity index (χ3v) is 6.82. The van der Waals surface area contributed by atoms with Crippen LogP contribution in [0.3, 0.4) is 0 Å². The van der Waals surface area contributed by atoms with Gasteiger partial charge in [-0.2, -0.15) is 0 Å². The standard InChI is InChI=1S/C31H38N2O7/c1-7-38-24-17-20(11-12-22(24)39-16-13-19(2)3)27-26(29(35)31(36)33(27)15-14-32(4)5)28(34)25-18-21-9-8-10-23(37-6)30(21)40-25/h8-12,17-19,27,35H,7,13-16H2,1-6H3. The molecule has 4 rings (SSSR count). The van der Waals surface area contributed by atoms with Crippen molar-refractivity contribution < 1.29 is 33.3 Å². The molecule has 9 heteroatoms. The number of carbonyl (C=O) groups is 2. The van der Waals surface area contributed by atoms with Crippen LogP contribution in [0.25, 0.3) is 11.0 Å². The van der Waals surface area contributed by atoms with Gasteiger partial charge >= 0.3 is 0 Å². The fourth-order valence-electron chi connectivity index (χ4n) is 4.70. The molecule has 1 atom stereocenters. The summed E-state index contributed by atoms with van der Waals surface area (Å²) >= 11 is 0. The monoisotopic (exact) mass is 550 g/mol. The zero-order chi connectivity index (χ0) is 29.0. The van der Waals surface area contributed by atoms with Crippen LogP contribution in [0, 0.1) is 5.92 Å². The summed E-state index contributed by atoms with van der Waals surface area (Å²) in [7, 11) is 5.31. The van der Waals surface area contributed by atoms with Gasteiger partial charge in [0.05, 0.1) is 31.9 Å². The lowest BCUT2D eigenvalue weighted by Gasteiger charge is -2.28. The molecule has 1 unspecified atom stereocenters. The van der Waals surface area contributed by atoms with E-state index in [1.165, 1.54) is 12.0 Å². The fraction of sp³-hybridized carbons (Fsp3) is 0.419. The summed E-state index contributed by atoms with van der Waals surface area (Å²) in [4.78, 5) is 30.7. The minimum Gasteiger partial charge on any atom is -0.503 e. The van der Waals surface area contributed by atoms with Crippen LogP contribution >= 0.6 is 0 Å². The lowest BCUT2D eigenvalue weighted by atomic mass is 9.94. The Morgan fingerprint density at radius 3 is 2.55 bits per heavy atom. The third kappa shape index (κ3) is 5.94. The van der Waals surface area contributed by atoms with Gasteiger partial charge in [0.2, 0.25) is 5.78 Å². The topological polar surface area (TPSA) is 102 Å².